The molecule has 0 radical (unpaired) electrons. The van der Waals surface area contributed by atoms with Crippen LogP contribution < -0.4 is 0 Å². The molecule has 3 heteroatoms. The molecule has 2 saturated carbocycles. The normalized spacial score (nSPS) is 47.4. The van der Waals surface area contributed by atoms with E-state index in [9.17, 15) is 9.90 Å². The van der Waals surface area contributed by atoms with Crippen LogP contribution in [0, 0.1) is 11.3 Å². The Bertz CT molecular complexity index is 266. The first-order valence-corrected chi connectivity index (χ1v) is 5.74. The third-order valence-corrected chi connectivity index (χ3v) is 4.33. The predicted molar refractivity (Wildman–Crippen MR) is 55.5 cm³/mol. The van der Waals surface area contributed by atoms with Gasteiger partial charge in [0.05, 0.1) is 5.41 Å². The molecule has 2 rings (SSSR count). The van der Waals surface area contributed by atoms with Crippen LogP contribution in [0.25, 0.3) is 0 Å². The summed E-state index contributed by atoms with van der Waals surface area (Å²) in [6.45, 7) is 1.85. The number of rotatable bonds is 1. The van der Waals surface area contributed by atoms with Gasteiger partial charge in [0.2, 0.25) is 0 Å². The Labute approximate surface area is 89.6 Å². The van der Waals surface area contributed by atoms with Crippen molar-refractivity contribution in [2.75, 3.05) is 0 Å². The van der Waals surface area contributed by atoms with E-state index in [1.165, 1.54) is 6.42 Å². The molecule has 0 spiro atoms. The number of alkyl halides is 1. The lowest BCUT2D eigenvalue weighted by atomic mass is 9.61. The van der Waals surface area contributed by atoms with Crippen molar-refractivity contribution < 1.29 is 9.90 Å². The van der Waals surface area contributed by atoms with Crippen molar-refractivity contribution >= 4 is 17.6 Å². The van der Waals surface area contributed by atoms with Crippen molar-refractivity contribution in [3.05, 3.63) is 0 Å². The van der Waals surface area contributed by atoms with Crippen LogP contribution >= 0.6 is 11.6 Å². The van der Waals surface area contributed by atoms with E-state index < -0.39 is 11.4 Å². The highest BCUT2D eigenvalue weighted by Crippen LogP contribution is 2.53. The molecule has 0 amide bonds. The summed E-state index contributed by atoms with van der Waals surface area (Å²) in [7, 11) is 0. The molecule has 0 heterocycles. The molecule has 2 fully saturated rings. The molecule has 0 aromatic rings. The van der Waals surface area contributed by atoms with Gasteiger partial charge in [-0.15, -0.1) is 11.6 Å². The second kappa shape index (κ2) is 3.13. The molecule has 14 heavy (non-hydrogen) atoms. The Morgan fingerprint density at radius 1 is 1.50 bits per heavy atom. The van der Waals surface area contributed by atoms with Gasteiger partial charge in [0.25, 0.3) is 0 Å². The molecular formula is C11H17ClO2. The molecule has 0 aliphatic heterocycles. The third-order valence-electron chi connectivity index (χ3n) is 3.85. The van der Waals surface area contributed by atoms with Crippen LogP contribution in [0.5, 0.6) is 0 Å². The van der Waals surface area contributed by atoms with Crippen LogP contribution in [0.15, 0.2) is 0 Å². The van der Waals surface area contributed by atoms with E-state index in [2.05, 4.69) is 0 Å². The van der Waals surface area contributed by atoms with Crippen molar-refractivity contribution in [1.29, 1.82) is 0 Å². The molecule has 3 atom stereocenters. The van der Waals surface area contributed by atoms with Crippen LogP contribution in [0.2, 0.25) is 0 Å². The molecule has 0 saturated heterocycles. The van der Waals surface area contributed by atoms with Gasteiger partial charge in [0.1, 0.15) is 0 Å². The minimum absolute atomic E-state index is 0.214. The Balaban J connectivity index is 2.22. The first-order valence-electron chi connectivity index (χ1n) is 5.36. The Hall–Kier alpha value is -0.240. The summed E-state index contributed by atoms with van der Waals surface area (Å²) in [6.07, 6.45) is 5.82. The summed E-state index contributed by atoms with van der Waals surface area (Å²) in [5.41, 5.74) is -0.578. The van der Waals surface area contributed by atoms with Crippen molar-refractivity contribution in [2.45, 2.75) is 50.3 Å². The molecule has 0 aromatic carbocycles. The van der Waals surface area contributed by atoms with Crippen molar-refractivity contribution in [3.8, 4) is 0 Å². The van der Waals surface area contributed by atoms with Gasteiger partial charge in [-0.2, -0.15) is 0 Å². The number of carboxylic acid groups (broad SMARTS) is 1. The number of halogens is 1. The first kappa shape index (κ1) is 10.3. The van der Waals surface area contributed by atoms with Gasteiger partial charge in [0, 0.05) is 4.87 Å². The molecule has 2 aliphatic carbocycles. The summed E-state index contributed by atoms with van der Waals surface area (Å²) < 4.78 is 0. The number of aliphatic carboxylic acids is 1. The highest BCUT2D eigenvalue weighted by Gasteiger charge is 2.50. The van der Waals surface area contributed by atoms with E-state index >= 15 is 0 Å². The van der Waals surface area contributed by atoms with Crippen LogP contribution in [-0.2, 0) is 4.79 Å². The lowest BCUT2D eigenvalue weighted by Crippen LogP contribution is -2.46. The quantitative estimate of drug-likeness (QED) is 0.685. The largest absolute Gasteiger partial charge is 0.481 e. The zero-order valence-corrected chi connectivity index (χ0v) is 9.31. The van der Waals surface area contributed by atoms with Gasteiger partial charge in [-0.1, -0.05) is 12.8 Å². The van der Waals surface area contributed by atoms with E-state index in [1.807, 2.05) is 6.92 Å². The van der Waals surface area contributed by atoms with Crippen molar-refractivity contribution in [3.63, 3.8) is 0 Å². The van der Waals surface area contributed by atoms with Crippen LogP contribution in [0.3, 0.4) is 0 Å². The van der Waals surface area contributed by atoms with Crippen LogP contribution in [0.4, 0.5) is 0 Å². The maximum atomic E-state index is 11.2. The molecule has 2 bridgehead atoms. The van der Waals surface area contributed by atoms with Crippen LogP contribution in [-0.4, -0.2) is 16.0 Å². The summed E-state index contributed by atoms with van der Waals surface area (Å²) >= 11 is 6.47. The van der Waals surface area contributed by atoms with E-state index in [0.29, 0.717) is 12.3 Å². The lowest BCUT2D eigenvalue weighted by Gasteiger charge is -2.47. The van der Waals surface area contributed by atoms with E-state index in [-0.39, 0.29) is 4.87 Å². The van der Waals surface area contributed by atoms with Gasteiger partial charge < -0.3 is 5.11 Å². The van der Waals surface area contributed by atoms with E-state index in [1.54, 1.807) is 0 Å². The average molecular weight is 217 g/mol. The monoisotopic (exact) mass is 216 g/mol. The fourth-order valence-electron chi connectivity index (χ4n) is 3.34. The van der Waals surface area contributed by atoms with Gasteiger partial charge in [-0.25, -0.2) is 0 Å². The smallest absolute Gasteiger partial charge is 0.309 e. The standard InChI is InChI=1S/C11H17ClO2/c1-10(9(13)14)5-8-3-2-4-11(12,6-8)7-10/h8H,2-7H2,1H3,(H,13,14). The molecular weight excluding hydrogens is 200 g/mol. The first-order chi connectivity index (χ1) is 6.44. The second-order valence-corrected chi connectivity index (χ2v) is 6.16. The maximum Gasteiger partial charge on any atom is 0.309 e. The minimum atomic E-state index is -0.672. The van der Waals surface area contributed by atoms with Gasteiger partial charge in [0.15, 0.2) is 0 Å². The zero-order chi connectivity index (χ0) is 10.4. The fraction of sp³-hybridized carbons (Fsp3) is 0.909. The summed E-state index contributed by atoms with van der Waals surface area (Å²) in [4.78, 5) is 11.0. The number of carbonyl (C=O) groups is 1. The highest BCUT2D eigenvalue weighted by atomic mass is 35.5. The zero-order valence-electron chi connectivity index (χ0n) is 8.55. The van der Waals surface area contributed by atoms with Crippen LogP contribution in [0.1, 0.15) is 45.4 Å². The molecule has 0 aromatic heterocycles. The maximum absolute atomic E-state index is 11.2. The average Bonchev–Trinajstić information content (AvgIpc) is 2.00. The Morgan fingerprint density at radius 2 is 2.21 bits per heavy atom. The summed E-state index contributed by atoms with van der Waals surface area (Å²) in [6, 6.07) is 0. The van der Waals surface area contributed by atoms with E-state index in [0.717, 1.165) is 25.7 Å². The van der Waals surface area contributed by atoms with Gasteiger partial charge in [-0.05, 0) is 38.5 Å². The Morgan fingerprint density at radius 3 is 2.79 bits per heavy atom. The number of fused-ring (bicyclic) bond motifs is 2. The topological polar surface area (TPSA) is 37.3 Å². The third kappa shape index (κ3) is 1.65. The minimum Gasteiger partial charge on any atom is -0.481 e. The second-order valence-electron chi connectivity index (χ2n) is 5.36. The molecule has 2 aliphatic rings. The fourth-order valence-corrected chi connectivity index (χ4v) is 3.98. The van der Waals surface area contributed by atoms with Gasteiger partial charge in [-0.3, -0.25) is 4.79 Å². The number of hydrogen-bond donors (Lipinski definition) is 1. The molecule has 80 valence electrons. The SMILES string of the molecule is CC1(C(=O)O)CC2CCCC(Cl)(C2)C1. The lowest BCUT2D eigenvalue weighted by molar-refractivity contribution is -0.152. The van der Waals surface area contributed by atoms with Crippen molar-refractivity contribution in [1.82, 2.24) is 0 Å². The number of hydrogen-bond acceptors (Lipinski definition) is 1. The molecule has 3 unspecified atom stereocenters. The predicted octanol–water partition coefficient (Wildman–Crippen LogP) is 3.04. The molecule has 1 N–H and O–H groups in total. The number of carboxylic acids is 1. The van der Waals surface area contributed by atoms with E-state index in [4.69, 9.17) is 11.6 Å². The van der Waals surface area contributed by atoms with Crippen molar-refractivity contribution in [2.24, 2.45) is 11.3 Å². The summed E-state index contributed by atoms with van der Waals surface area (Å²) in [5.74, 6) is -0.134. The molecule has 2 nitrogen and oxygen atoms in total. The van der Waals surface area contributed by atoms with Gasteiger partial charge >= 0.3 is 5.97 Å². The Kier molecular flexibility index (Phi) is 2.30. The summed E-state index contributed by atoms with van der Waals surface area (Å²) in [5, 5.41) is 9.21. The highest BCUT2D eigenvalue weighted by molar-refractivity contribution is 6.24.